The van der Waals surface area contributed by atoms with Crippen LogP contribution in [0.5, 0.6) is 0 Å². The van der Waals surface area contributed by atoms with Crippen LogP contribution in [0.1, 0.15) is 15.9 Å². The summed E-state index contributed by atoms with van der Waals surface area (Å²) in [6, 6.07) is 8.04. The summed E-state index contributed by atoms with van der Waals surface area (Å²) < 4.78 is 13.9. The summed E-state index contributed by atoms with van der Waals surface area (Å²) in [6.07, 6.45) is 0. The van der Waals surface area contributed by atoms with Gasteiger partial charge in [0.25, 0.3) is 11.6 Å². The van der Waals surface area contributed by atoms with Crippen LogP contribution in [0, 0.1) is 22.9 Å². The van der Waals surface area contributed by atoms with Gasteiger partial charge in [0.15, 0.2) is 0 Å². The standard InChI is InChI=1S/C14H10BrFN2O3/c1-8-11(15)3-2-4-12(8)17-14(19)10-6-5-9(16)7-13(10)18(20)21/h2-7H,1H3,(H,17,19). The number of rotatable bonds is 3. The highest BCUT2D eigenvalue weighted by Gasteiger charge is 2.21. The van der Waals surface area contributed by atoms with Gasteiger partial charge in [0.05, 0.1) is 11.0 Å². The number of hydrogen-bond acceptors (Lipinski definition) is 3. The molecule has 0 atom stereocenters. The summed E-state index contributed by atoms with van der Waals surface area (Å²) in [5, 5.41) is 13.5. The molecule has 1 N–H and O–H groups in total. The van der Waals surface area contributed by atoms with Crippen molar-refractivity contribution in [1.29, 1.82) is 0 Å². The highest BCUT2D eigenvalue weighted by Crippen LogP contribution is 2.26. The van der Waals surface area contributed by atoms with Gasteiger partial charge in [-0.25, -0.2) is 4.39 Å². The average molecular weight is 353 g/mol. The molecule has 0 fully saturated rings. The number of nitro benzene ring substituents is 1. The molecule has 2 aromatic rings. The number of anilines is 1. The molecule has 21 heavy (non-hydrogen) atoms. The van der Waals surface area contributed by atoms with Crippen LogP contribution >= 0.6 is 15.9 Å². The minimum absolute atomic E-state index is 0.194. The number of nitrogens with one attached hydrogen (secondary N) is 1. The molecule has 0 aliphatic carbocycles. The molecule has 0 saturated heterocycles. The van der Waals surface area contributed by atoms with Crippen molar-refractivity contribution < 1.29 is 14.1 Å². The predicted molar refractivity (Wildman–Crippen MR) is 79.9 cm³/mol. The molecule has 0 radical (unpaired) electrons. The monoisotopic (exact) mass is 352 g/mol. The van der Waals surface area contributed by atoms with E-state index in [-0.39, 0.29) is 5.56 Å². The van der Waals surface area contributed by atoms with Crippen LogP contribution in [0.2, 0.25) is 0 Å². The lowest BCUT2D eigenvalue weighted by Gasteiger charge is -2.09. The molecule has 1 amide bonds. The summed E-state index contributed by atoms with van der Waals surface area (Å²) in [4.78, 5) is 22.3. The van der Waals surface area contributed by atoms with Crippen LogP contribution in [0.15, 0.2) is 40.9 Å². The third-order valence-electron chi connectivity index (χ3n) is 2.92. The van der Waals surface area contributed by atoms with Crippen LogP contribution in [-0.2, 0) is 0 Å². The number of amides is 1. The van der Waals surface area contributed by atoms with Crippen molar-refractivity contribution in [1.82, 2.24) is 0 Å². The van der Waals surface area contributed by atoms with E-state index in [1.54, 1.807) is 19.1 Å². The molecule has 0 aliphatic rings. The molecule has 0 aromatic heterocycles. The molecular formula is C14H10BrFN2O3. The van der Waals surface area contributed by atoms with Crippen molar-refractivity contribution in [3.63, 3.8) is 0 Å². The van der Waals surface area contributed by atoms with E-state index >= 15 is 0 Å². The van der Waals surface area contributed by atoms with E-state index in [1.807, 2.05) is 6.07 Å². The van der Waals surface area contributed by atoms with Gasteiger partial charge in [-0.15, -0.1) is 0 Å². The Morgan fingerprint density at radius 1 is 1.33 bits per heavy atom. The van der Waals surface area contributed by atoms with Crippen LogP contribution in [0.4, 0.5) is 15.8 Å². The lowest BCUT2D eigenvalue weighted by atomic mass is 10.1. The van der Waals surface area contributed by atoms with Crippen LogP contribution in [0.3, 0.4) is 0 Å². The number of hydrogen-bond donors (Lipinski definition) is 1. The molecule has 0 aliphatic heterocycles. The van der Waals surface area contributed by atoms with E-state index in [9.17, 15) is 19.3 Å². The van der Waals surface area contributed by atoms with Gasteiger partial charge in [0.2, 0.25) is 0 Å². The topological polar surface area (TPSA) is 72.2 Å². The van der Waals surface area contributed by atoms with Crippen molar-refractivity contribution in [3.05, 3.63) is 67.9 Å². The van der Waals surface area contributed by atoms with E-state index in [2.05, 4.69) is 21.2 Å². The van der Waals surface area contributed by atoms with Gasteiger partial charge >= 0.3 is 0 Å². The van der Waals surface area contributed by atoms with Gasteiger partial charge in [0, 0.05) is 10.2 Å². The highest BCUT2D eigenvalue weighted by atomic mass is 79.9. The van der Waals surface area contributed by atoms with E-state index in [0.717, 1.165) is 28.2 Å². The Morgan fingerprint density at radius 3 is 2.71 bits per heavy atom. The fourth-order valence-corrected chi connectivity index (χ4v) is 2.15. The maximum atomic E-state index is 13.1. The largest absolute Gasteiger partial charge is 0.321 e. The Kier molecular flexibility index (Phi) is 4.32. The first-order chi connectivity index (χ1) is 9.90. The zero-order valence-electron chi connectivity index (χ0n) is 10.9. The SMILES string of the molecule is Cc1c(Br)cccc1NC(=O)c1ccc(F)cc1[N+](=O)[O-]. The Morgan fingerprint density at radius 2 is 2.05 bits per heavy atom. The number of benzene rings is 2. The van der Waals surface area contributed by atoms with Crippen molar-refractivity contribution in [2.75, 3.05) is 5.32 Å². The van der Waals surface area contributed by atoms with Gasteiger partial charge in [-0.2, -0.15) is 0 Å². The van der Waals surface area contributed by atoms with Crippen LogP contribution < -0.4 is 5.32 Å². The summed E-state index contributed by atoms with van der Waals surface area (Å²) in [5.41, 5.74) is 0.546. The summed E-state index contributed by atoms with van der Waals surface area (Å²) in [6.45, 7) is 1.79. The van der Waals surface area contributed by atoms with Gasteiger partial charge in [-0.3, -0.25) is 14.9 Å². The van der Waals surface area contributed by atoms with E-state index < -0.39 is 22.3 Å². The number of halogens is 2. The molecule has 2 rings (SSSR count). The molecule has 0 unspecified atom stereocenters. The van der Waals surface area contributed by atoms with Gasteiger partial charge in [-0.1, -0.05) is 22.0 Å². The highest BCUT2D eigenvalue weighted by molar-refractivity contribution is 9.10. The average Bonchev–Trinajstić information content (AvgIpc) is 2.43. The first-order valence-corrected chi connectivity index (χ1v) is 6.70. The molecule has 108 valence electrons. The maximum absolute atomic E-state index is 13.1. The number of nitrogens with zero attached hydrogens (tertiary/aromatic N) is 1. The second kappa shape index (κ2) is 6.01. The van der Waals surface area contributed by atoms with E-state index in [0.29, 0.717) is 5.69 Å². The van der Waals surface area contributed by atoms with Crippen molar-refractivity contribution in [3.8, 4) is 0 Å². The summed E-state index contributed by atoms with van der Waals surface area (Å²) in [5.74, 6) is -1.43. The Hall–Kier alpha value is -2.28. The second-order valence-corrected chi connectivity index (χ2v) is 5.14. The Balaban J connectivity index is 2.37. The zero-order valence-corrected chi connectivity index (χ0v) is 12.5. The smallest absolute Gasteiger partial charge is 0.285 e. The van der Waals surface area contributed by atoms with Crippen molar-refractivity contribution in [2.45, 2.75) is 6.92 Å². The first kappa shape index (κ1) is 15.1. The lowest BCUT2D eigenvalue weighted by molar-refractivity contribution is -0.385. The number of carbonyl (C=O) groups is 1. The molecule has 2 aromatic carbocycles. The van der Waals surface area contributed by atoms with Gasteiger partial charge in [-0.05, 0) is 36.8 Å². The van der Waals surface area contributed by atoms with E-state index in [1.165, 1.54) is 0 Å². The molecular weight excluding hydrogens is 343 g/mol. The van der Waals surface area contributed by atoms with Gasteiger partial charge in [0.1, 0.15) is 11.4 Å². The normalized spacial score (nSPS) is 10.2. The zero-order chi connectivity index (χ0) is 15.6. The molecule has 0 bridgehead atoms. The Bertz CT molecular complexity index is 734. The fourth-order valence-electron chi connectivity index (χ4n) is 1.78. The molecule has 7 heteroatoms. The van der Waals surface area contributed by atoms with Crippen molar-refractivity contribution in [2.24, 2.45) is 0 Å². The van der Waals surface area contributed by atoms with Gasteiger partial charge < -0.3 is 5.32 Å². The summed E-state index contributed by atoms with van der Waals surface area (Å²) >= 11 is 3.33. The maximum Gasteiger partial charge on any atom is 0.285 e. The number of carbonyl (C=O) groups excluding carboxylic acids is 1. The van der Waals surface area contributed by atoms with Crippen LogP contribution in [-0.4, -0.2) is 10.8 Å². The van der Waals surface area contributed by atoms with Crippen LogP contribution in [0.25, 0.3) is 0 Å². The predicted octanol–water partition coefficient (Wildman–Crippen LogP) is 4.06. The quantitative estimate of drug-likeness (QED) is 0.668. The number of nitro groups is 1. The second-order valence-electron chi connectivity index (χ2n) is 4.29. The van der Waals surface area contributed by atoms with E-state index in [4.69, 9.17) is 0 Å². The third-order valence-corrected chi connectivity index (χ3v) is 3.78. The lowest BCUT2D eigenvalue weighted by Crippen LogP contribution is -2.15. The molecule has 0 saturated carbocycles. The fraction of sp³-hybridized carbons (Fsp3) is 0.0714. The third kappa shape index (κ3) is 3.25. The van der Waals surface area contributed by atoms with Crippen molar-refractivity contribution >= 4 is 33.2 Å². The first-order valence-electron chi connectivity index (χ1n) is 5.90. The minimum atomic E-state index is -0.786. The molecule has 0 heterocycles. The summed E-state index contributed by atoms with van der Waals surface area (Å²) in [7, 11) is 0. The molecule has 5 nitrogen and oxygen atoms in total. The Labute approximate surface area is 128 Å². The minimum Gasteiger partial charge on any atom is -0.321 e. The molecule has 0 spiro atoms.